The standard InChI is InChI=1S/C51H33N5/c1-3-14-34(15-4-1)37-18-13-19-38(32-37)51-53-49(35-16-5-2-6-17-35)52-50(54-51)36-26-28-39(29-27-36)55-47-25-12-9-22-43(47)44-33-40(30-31-48(44)55)56-45-23-10-7-20-41(45)42-21-8-11-24-46(42)56/h1-33H/i7D,8D,9D,10D,11D,12D,20D,21D,22D,23D,24D,25D,30D,31D,33D. The van der Waals surface area contributed by atoms with Crippen molar-refractivity contribution in [2.24, 2.45) is 0 Å². The Hall–Kier alpha value is -7.63. The molecule has 0 fully saturated rings. The van der Waals surface area contributed by atoms with Gasteiger partial charge in [0.1, 0.15) is 0 Å². The van der Waals surface area contributed by atoms with Gasteiger partial charge in [0.05, 0.1) is 42.6 Å². The monoisotopic (exact) mass is 730 g/mol. The van der Waals surface area contributed by atoms with Crippen LogP contribution in [-0.4, -0.2) is 24.1 Å². The van der Waals surface area contributed by atoms with Crippen LogP contribution < -0.4 is 0 Å². The maximum Gasteiger partial charge on any atom is 0.164 e. The Morgan fingerprint density at radius 2 is 0.786 bits per heavy atom. The van der Waals surface area contributed by atoms with Gasteiger partial charge in [-0.15, -0.1) is 0 Å². The van der Waals surface area contributed by atoms with Crippen molar-refractivity contribution in [3.8, 4) is 56.7 Å². The molecule has 0 atom stereocenters. The van der Waals surface area contributed by atoms with Crippen LogP contribution >= 0.6 is 0 Å². The van der Waals surface area contributed by atoms with Gasteiger partial charge in [0.15, 0.2) is 17.5 Å². The summed E-state index contributed by atoms with van der Waals surface area (Å²) in [6.07, 6.45) is 0. The molecule has 0 spiro atoms. The number of para-hydroxylation sites is 3. The summed E-state index contributed by atoms with van der Waals surface area (Å²) in [5, 5.41) is -0.993. The Bertz CT molecular complexity index is 4020. The summed E-state index contributed by atoms with van der Waals surface area (Å²) in [6, 6.07) is 24.2. The molecule has 262 valence electrons. The minimum atomic E-state index is -0.719. The summed E-state index contributed by atoms with van der Waals surface area (Å²) < 4.78 is 137. The molecule has 0 N–H and O–H groups in total. The van der Waals surface area contributed by atoms with E-state index in [1.807, 2.05) is 84.9 Å². The largest absolute Gasteiger partial charge is 0.309 e. The molecule has 8 aromatic carbocycles. The Kier molecular flexibility index (Phi) is 4.70. The fourth-order valence-electron chi connectivity index (χ4n) is 7.10. The molecular formula is C51H33N5. The molecule has 3 aromatic heterocycles. The Morgan fingerprint density at radius 1 is 0.339 bits per heavy atom. The lowest BCUT2D eigenvalue weighted by Gasteiger charge is -2.12. The van der Waals surface area contributed by atoms with Gasteiger partial charge >= 0.3 is 0 Å². The first kappa shape index (κ1) is 20.2. The molecule has 0 amide bonds. The number of nitrogens with zero attached hydrogens (tertiary/aromatic N) is 5. The van der Waals surface area contributed by atoms with Gasteiger partial charge in [0, 0.05) is 49.6 Å². The van der Waals surface area contributed by atoms with Crippen molar-refractivity contribution in [3.05, 3.63) is 200 Å². The molecule has 11 rings (SSSR count). The summed E-state index contributed by atoms with van der Waals surface area (Å²) in [7, 11) is 0. The average Bonchev–Trinajstić information content (AvgIpc) is 3.95. The maximum absolute atomic E-state index is 9.89. The molecule has 0 unspecified atom stereocenters. The SMILES string of the molecule is [2H]c1c([2H])c([2H])c2c(c1[2H])c1c([2H])c(-n3c4c([2H])c([2H])c([2H])c([2H])c4c4c([2H])c([2H])c([2H])c([2H])c43)c([2H])c([2H])c1n2-c1ccc(-c2nc(-c3ccccc3)nc(-c3cccc(-c4ccccc4)c3)n2)cc1. The number of hydrogen-bond donors (Lipinski definition) is 0. The zero-order chi connectivity index (χ0) is 50.1. The van der Waals surface area contributed by atoms with Crippen molar-refractivity contribution in [3.63, 3.8) is 0 Å². The van der Waals surface area contributed by atoms with Crippen LogP contribution in [-0.2, 0) is 0 Å². The highest BCUT2D eigenvalue weighted by atomic mass is 15.0. The van der Waals surface area contributed by atoms with Crippen molar-refractivity contribution < 1.29 is 20.6 Å². The van der Waals surface area contributed by atoms with Gasteiger partial charge in [-0.2, -0.15) is 0 Å². The molecule has 3 heterocycles. The molecule has 0 aliphatic heterocycles. The van der Waals surface area contributed by atoms with E-state index in [2.05, 4.69) is 0 Å². The lowest BCUT2D eigenvalue weighted by molar-refractivity contribution is 1.07. The molecule has 56 heavy (non-hydrogen) atoms. The molecule has 0 saturated carbocycles. The smallest absolute Gasteiger partial charge is 0.164 e. The predicted molar refractivity (Wildman–Crippen MR) is 230 cm³/mol. The average molecular weight is 731 g/mol. The van der Waals surface area contributed by atoms with Crippen molar-refractivity contribution in [2.45, 2.75) is 0 Å². The third-order valence-corrected chi connectivity index (χ3v) is 9.68. The van der Waals surface area contributed by atoms with Crippen molar-refractivity contribution >= 4 is 43.6 Å². The Morgan fingerprint density at radius 3 is 1.39 bits per heavy atom. The second-order valence-electron chi connectivity index (χ2n) is 13.0. The van der Waals surface area contributed by atoms with E-state index >= 15 is 0 Å². The number of benzene rings is 8. The third-order valence-electron chi connectivity index (χ3n) is 9.68. The first-order valence-corrected chi connectivity index (χ1v) is 17.6. The molecule has 0 saturated heterocycles. The molecule has 0 bridgehead atoms. The highest BCUT2D eigenvalue weighted by Crippen LogP contribution is 2.37. The van der Waals surface area contributed by atoms with Crippen LogP contribution in [0.15, 0.2) is 200 Å². The van der Waals surface area contributed by atoms with Gasteiger partial charge in [-0.1, -0.05) is 133 Å². The fraction of sp³-hybridized carbons (Fsp3) is 0. The van der Waals surface area contributed by atoms with Crippen LogP contribution in [0.25, 0.3) is 100 Å². The van der Waals surface area contributed by atoms with Crippen molar-refractivity contribution in [1.82, 2.24) is 24.1 Å². The second-order valence-corrected chi connectivity index (χ2v) is 13.0. The second kappa shape index (κ2) is 13.0. The van der Waals surface area contributed by atoms with E-state index in [9.17, 15) is 6.85 Å². The lowest BCUT2D eigenvalue weighted by atomic mass is 10.0. The summed E-state index contributed by atoms with van der Waals surface area (Å²) in [6.45, 7) is 0. The topological polar surface area (TPSA) is 48.5 Å². The van der Waals surface area contributed by atoms with Crippen molar-refractivity contribution in [2.75, 3.05) is 0 Å². The highest BCUT2D eigenvalue weighted by Gasteiger charge is 2.18. The van der Waals surface area contributed by atoms with Crippen LogP contribution in [0.1, 0.15) is 20.6 Å². The molecule has 0 radical (unpaired) electrons. The first-order valence-electron chi connectivity index (χ1n) is 25.1. The van der Waals surface area contributed by atoms with E-state index in [0.29, 0.717) is 23.0 Å². The van der Waals surface area contributed by atoms with E-state index in [1.165, 1.54) is 4.57 Å². The van der Waals surface area contributed by atoms with Gasteiger partial charge in [-0.25, -0.2) is 15.0 Å². The summed E-state index contributed by atoms with van der Waals surface area (Å²) >= 11 is 0. The number of hydrogen-bond acceptors (Lipinski definition) is 3. The van der Waals surface area contributed by atoms with E-state index in [4.69, 9.17) is 28.7 Å². The van der Waals surface area contributed by atoms with Crippen LogP contribution in [0.2, 0.25) is 0 Å². The van der Waals surface area contributed by atoms with Gasteiger partial charge in [0.2, 0.25) is 0 Å². The quantitative estimate of drug-likeness (QED) is 0.171. The maximum atomic E-state index is 9.89. The van der Waals surface area contributed by atoms with E-state index in [1.54, 1.807) is 24.3 Å². The number of fused-ring (bicyclic) bond motifs is 6. The predicted octanol–water partition coefficient (Wildman–Crippen LogP) is 12.7. The summed E-state index contributed by atoms with van der Waals surface area (Å²) in [4.78, 5) is 14.7. The molecule has 0 aliphatic rings. The minimum absolute atomic E-state index is 0.129. The summed E-state index contributed by atoms with van der Waals surface area (Å²) in [5.41, 5.74) is 2.72. The van der Waals surface area contributed by atoms with Crippen LogP contribution in [0, 0.1) is 0 Å². The van der Waals surface area contributed by atoms with Crippen LogP contribution in [0.4, 0.5) is 0 Å². The molecule has 0 aliphatic carbocycles. The first-order chi connectivity index (χ1) is 34.0. The van der Waals surface area contributed by atoms with E-state index in [0.717, 1.165) is 26.8 Å². The van der Waals surface area contributed by atoms with E-state index in [-0.39, 0.29) is 49.3 Å². The zero-order valence-electron chi connectivity index (χ0n) is 44.1. The van der Waals surface area contributed by atoms with Crippen LogP contribution in [0.5, 0.6) is 0 Å². The molecule has 5 heteroatoms. The zero-order valence-corrected chi connectivity index (χ0v) is 29.1. The van der Waals surface area contributed by atoms with E-state index < -0.39 is 96.3 Å². The van der Waals surface area contributed by atoms with Gasteiger partial charge in [-0.3, -0.25) is 0 Å². The number of aromatic nitrogens is 5. The summed E-state index contributed by atoms with van der Waals surface area (Å²) in [5.74, 6) is 1.13. The normalized spacial score (nSPS) is 15.3. The third kappa shape index (κ3) is 5.29. The van der Waals surface area contributed by atoms with Gasteiger partial charge < -0.3 is 9.13 Å². The van der Waals surface area contributed by atoms with Gasteiger partial charge in [-0.05, 0) is 77.7 Å². The Balaban J connectivity index is 1.17. The fourth-order valence-corrected chi connectivity index (χ4v) is 7.10. The van der Waals surface area contributed by atoms with Gasteiger partial charge in [0.25, 0.3) is 0 Å². The number of rotatable bonds is 6. The highest BCUT2D eigenvalue weighted by molar-refractivity contribution is 6.12. The van der Waals surface area contributed by atoms with Crippen LogP contribution in [0.3, 0.4) is 0 Å². The lowest BCUT2D eigenvalue weighted by Crippen LogP contribution is -2.00. The van der Waals surface area contributed by atoms with Crippen molar-refractivity contribution in [1.29, 1.82) is 0 Å². The Labute approximate surface area is 344 Å². The molecular weight excluding hydrogens is 683 g/mol. The molecule has 5 nitrogen and oxygen atoms in total. The minimum Gasteiger partial charge on any atom is -0.309 e. The molecule has 11 aromatic rings.